The Bertz CT molecular complexity index is 1200. The van der Waals surface area contributed by atoms with Gasteiger partial charge >= 0.3 is 6.18 Å². The van der Waals surface area contributed by atoms with Crippen LogP contribution >= 0.6 is 0 Å². The molecule has 0 aliphatic carbocycles. The maximum atomic E-state index is 13.4. The second kappa shape index (κ2) is 7.57. The standard InChI is InChI=1S/C22H19F3N6/c23-22(24,25)17-8-4-5-9-19(17)29-10-12-30(13-11-29)20-14-18(16-6-2-1-3-7-16)28-21-26-15-27-31(20)21/h1-9,14-15H,10-13H2. The van der Waals surface area contributed by atoms with E-state index in [1.807, 2.05) is 36.4 Å². The van der Waals surface area contributed by atoms with Crippen molar-refractivity contribution in [3.8, 4) is 11.3 Å². The number of benzene rings is 2. The minimum atomic E-state index is -4.38. The second-order valence-electron chi connectivity index (χ2n) is 7.33. The van der Waals surface area contributed by atoms with Crippen LogP contribution in [0.4, 0.5) is 24.7 Å². The molecule has 1 saturated heterocycles. The molecule has 158 valence electrons. The Morgan fingerprint density at radius 1 is 0.806 bits per heavy atom. The fourth-order valence-electron chi connectivity index (χ4n) is 3.94. The summed E-state index contributed by atoms with van der Waals surface area (Å²) in [5.74, 6) is 1.31. The molecule has 0 N–H and O–H groups in total. The van der Waals surface area contributed by atoms with E-state index in [0.717, 1.165) is 23.1 Å². The summed E-state index contributed by atoms with van der Waals surface area (Å²) in [4.78, 5) is 12.7. The Balaban J connectivity index is 1.44. The summed E-state index contributed by atoms with van der Waals surface area (Å²) < 4.78 is 42.0. The molecule has 0 unspecified atom stereocenters. The van der Waals surface area contributed by atoms with E-state index in [9.17, 15) is 13.2 Å². The number of piperazine rings is 1. The summed E-state index contributed by atoms with van der Waals surface area (Å²) in [6, 6.07) is 17.5. The van der Waals surface area contributed by atoms with Crippen LogP contribution in [0.25, 0.3) is 17.0 Å². The van der Waals surface area contributed by atoms with Crippen molar-refractivity contribution in [1.82, 2.24) is 19.6 Å². The van der Waals surface area contributed by atoms with Gasteiger partial charge in [0.15, 0.2) is 0 Å². The second-order valence-corrected chi connectivity index (χ2v) is 7.33. The zero-order valence-electron chi connectivity index (χ0n) is 16.5. The molecule has 9 heteroatoms. The Morgan fingerprint density at radius 2 is 1.48 bits per heavy atom. The number of anilines is 2. The molecule has 0 saturated carbocycles. The lowest BCUT2D eigenvalue weighted by Gasteiger charge is -2.38. The number of alkyl halides is 3. The fraction of sp³-hybridized carbons (Fsp3) is 0.227. The van der Waals surface area contributed by atoms with Gasteiger partial charge in [-0.25, -0.2) is 4.98 Å². The largest absolute Gasteiger partial charge is 0.418 e. The normalized spacial score (nSPS) is 14.9. The van der Waals surface area contributed by atoms with Crippen LogP contribution in [0.5, 0.6) is 0 Å². The van der Waals surface area contributed by atoms with Crippen molar-refractivity contribution >= 4 is 17.3 Å². The molecule has 1 aliphatic heterocycles. The van der Waals surface area contributed by atoms with E-state index >= 15 is 0 Å². The summed E-state index contributed by atoms with van der Waals surface area (Å²) >= 11 is 0. The molecule has 0 atom stereocenters. The number of rotatable bonds is 3. The molecule has 0 amide bonds. The fourth-order valence-corrected chi connectivity index (χ4v) is 3.94. The molecule has 6 nitrogen and oxygen atoms in total. The highest BCUT2D eigenvalue weighted by Crippen LogP contribution is 2.37. The molecule has 0 bridgehead atoms. The molecule has 2 aromatic heterocycles. The van der Waals surface area contributed by atoms with E-state index in [2.05, 4.69) is 20.0 Å². The molecule has 31 heavy (non-hydrogen) atoms. The van der Waals surface area contributed by atoms with E-state index in [4.69, 9.17) is 0 Å². The van der Waals surface area contributed by atoms with Crippen LogP contribution in [-0.4, -0.2) is 45.8 Å². The minimum Gasteiger partial charge on any atom is -0.367 e. The van der Waals surface area contributed by atoms with Gasteiger partial charge in [-0.3, -0.25) is 0 Å². The number of fused-ring (bicyclic) bond motifs is 1. The van der Waals surface area contributed by atoms with Crippen molar-refractivity contribution in [2.24, 2.45) is 0 Å². The monoisotopic (exact) mass is 424 g/mol. The van der Waals surface area contributed by atoms with Crippen LogP contribution in [-0.2, 0) is 6.18 Å². The molecule has 4 aromatic rings. The molecule has 1 aliphatic rings. The van der Waals surface area contributed by atoms with Crippen molar-refractivity contribution in [3.05, 3.63) is 72.6 Å². The van der Waals surface area contributed by atoms with Gasteiger partial charge in [-0.05, 0) is 12.1 Å². The van der Waals surface area contributed by atoms with Gasteiger partial charge in [-0.2, -0.15) is 27.8 Å². The topological polar surface area (TPSA) is 49.6 Å². The first-order valence-electron chi connectivity index (χ1n) is 9.93. The molecule has 0 spiro atoms. The van der Waals surface area contributed by atoms with Gasteiger partial charge in [0.2, 0.25) is 0 Å². The van der Waals surface area contributed by atoms with E-state index in [1.165, 1.54) is 18.5 Å². The molecule has 0 radical (unpaired) electrons. The average Bonchev–Trinajstić information content (AvgIpc) is 3.27. The third kappa shape index (κ3) is 3.67. The molecular weight excluding hydrogens is 405 g/mol. The van der Waals surface area contributed by atoms with Crippen LogP contribution in [0.1, 0.15) is 5.56 Å². The number of hydrogen-bond donors (Lipinski definition) is 0. The lowest BCUT2D eigenvalue weighted by molar-refractivity contribution is -0.137. The molecular formula is C22H19F3N6. The molecule has 5 rings (SSSR count). The van der Waals surface area contributed by atoms with Crippen molar-refractivity contribution in [1.29, 1.82) is 0 Å². The Hall–Kier alpha value is -3.62. The first-order valence-corrected chi connectivity index (χ1v) is 9.93. The van der Waals surface area contributed by atoms with Crippen LogP contribution in [0.2, 0.25) is 0 Å². The zero-order valence-corrected chi connectivity index (χ0v) is 16.5. The van der Waals surface area contributed by atoms with Gasteiger partial charge in [0.25, 0.3) is 5.78 Å². The maximum Gasteiger partial charge on any atom is 0.418 e. The van der Waals surface area contributed by atoms with Gasteiger partial charge < -0.3 is 9.80 Å². The lowest BCUT2D eigenvalue weighted by atomic mass is 10.1. The van der Waals surface area contributed by atoms with Crippen LogP contribution in [0, 0.1) is 0 Å². The third-order valence-corrected chi connectivity index (χ3v) is 5.46. The quantitative estimate of drug-likeness (QED) is 0.495. The van der Waals surface area contributed by atoms with E-state index in [1.54, 1.807) is 15.5 Å². The van der Waals surface area contributed by atoms with Gasteiger partial charge in [-0.15, -0.1) is 0 Å². The predicted molar refractivity (Wildman–Crippen MR) is 112 cm³/mol. The highest BCUT2D eigenvalue weighted by Gasteiger charge is 2.35. The number of aromatic nitrogens is 4. The first-order chi connectivity index (χ1) is 15.0. The van der Waals surface area contributed by atoms with Gasteiger partial charge in [0, 0.05) is 43.5 Å². The SMILES string of the molecule is FC(F)(F)c1ccccc1N1CCN(c2cc(-c3ccccc3)nc3ncnn23)CC1. The zero-order chi connectivity index (χ0) is 21.4. The average molecular weight is 424 g/mol. The first kappa shape index (κ1) is 19.3. The number of para-hydroxylation sites is 1. The van der Waals surface area contributed by atoms with E-state index in [0.29, 0.717) is 32.0 Å². The van der Waals surface area contributed by atoms with Crippen LogP contribution in [0.3, 0.4) is 0 Å². The summed E-state index contributed by atoms with van der Waals surface area (Å²) in [7, 11) is 0. The molecule has 1 fully saturated rings. The Labute approximate surface area is 176 Å². The van der Waals surface area contributed by atoms with Crippen molar-refractivity contribution in [3.63, 3.8) is 0 Å². The Kier molecular flexibility index (Phi) is 4.72. The molecule has 2 aromatic carbocycles. The Morgan fingerprint density at radius 3 is 2.23 bits per heavy atom. The van der Waals surface area contributed by atoms with Gasteiger partial charge in [-0.1, -0.05) is 42.5 Å². The van der Waals surface area contributed by atoms with Crippen molar-refractivity contribution < 1.29 is 13.2 Å². The maximum absolute atomic E-state index is 13.4. The van der Waals surface area contributed by atoms with Crippen LogP contribution in [0.15, 0.2) is 67.0 Å². The summed E-state index contributed by atoms with van der Waals surface area (Å²) in [5, 5.41) is 4.29. The highest BCUT2D eigenvalue weighted by molar-refractivity contribution is 5.66. The minimum absolute atomic E-state index is 0.222. The summed E-state index contributed by atoms with van der Waals surface area (Å²) in [5.41, 5.74) is 1.37. The summed E-state index contributed by atoms with van der Waals surface area (Å²) in [6.07, 6.45) is -2.92. The lowest BCUT2D eigenvalue weighted by Crippen LogP contribution is -2.47. The molecule has 3 heterocycles. The highest BCUT2D eigenvalue weighted by atomic mass is 19.4. The predicted octanol–water partition coefficient (Wildman–Crippen LogP) is 4.14. The van der Waals surface area contributed by atoms with Crippen molar-refractivity contribution in [2.75, 3.05) is 36.0 Å². The number of halogens is 3. The van der Waals surface area contributed by atoms with E-state index < -0.39 is 11.7 Å². The van der Waals surface area contributed by atoms with Crippen LogP contribution < -0.4 is 9.80 Å². The number of nitrogens with zero attached hydrogens (tertiary/aromatic N) is 6. The third-order valence-electron chi connectivity index (χ3n) is 5.46. The van der Waals surface area contributed by atoms with Gasteiger partial charge in [0.1, 0.15) is 12.1 Å². The van der Waals surface area contributed by atoms with E-state index in [-0.39, 0.29) is 5.69 Å². The van der Waals surface area contributed by atoms with Crippen molar-refractivity contribution in [2.45, 2.75) is 6.18 Å². The summed E-state index contributed by atoms with van der Waals surface area (Å²) in [6.45, 7) is 2.04. The van der Waals surface area contributed by atoms with Gasteiger partial charge in [0.05, 0.1) is 11.3 Å². The number of hydrogen-bond acceptors (Lipinski definition) is 5. The smallest absolute Gasteiger partial charge is 0.367 e.